The third kappa shape index (κ3) is 2.39. The van der Waals surface area contributed by atoms with Crippen molar-refractivity contribution < 1.29 is 9.50 Å². The maximum Gasteiger partial charge on any atom is 0.117 e. The van der Waals surface area contributed by atoms with Crippen molar-refractivity contribution in [3.8, 4) is 0 Å². The van der Waals surface area contributed by atoms with Crippen molar-refractivity contribution in [1.29, 1.82) is 0 Å². The van der Waals surface area contributed by atoms with Gasteiger partial charge in [0.2, 0.25) is 0 Å². The van der Waals surface area contributed by atoms with E-state index in [1.807, 2.05) is 11.9 Å². The molecular weight excluding hydrogens is 147 g/mol. The minimum atomic E-state index is -0.798. The van der Waals surface area contributed by atoms with Gasteiger partial charge in [-0.05, 0) is 7.05 Å². The van der Waals surface area contributed by atoms with E-state index in [1.54, 1.807) is 0 Å². The van der Waals surface area contributed by atoms with Gasteiger partial charge >= 0.3 is 0 Å². The van der Waals surface area contributed by atoms with E-state index in [0.717, 1.165) is 13.1 Å². The van der Waals surface area contributed by atoms with Gasteiger partial charge in [-0.25, -0.2) is 4.39 Å². The highest BCUT2D eigenvalue weighted by Gasteiger charge is 2.26. The summed E-state index contributed by atoms with van der Waals surface area (Å²) in [6.07, 6.45) is -0.798. The summed E-state index contributed by atoms with van der Waals surface area (Å²) >= 11 is 0. The fourth-order valence-electron chi connectivity index (χ4n) is 1.25. The van der Waals surface area contributed by atoms with Gasteiger partial charge in [-0.2, -0.15) is 0 Å². The van der Waals surface area contributed by atoms with E-state index < -0.39 is 12.8 Å². The number of rotatable bonds is 4. The van der Waals surface area contributed by atoms with Gasteiger partial charge in [0.1, 0.15) is 6.67 Å². The van der Waals surface area contributed by atoms with E-state index in [9.17, 15) is 4.39 Å². The molecule has 66 valence electrons. The molecule has 4 heteroatoms. The zero-order valence-corrected chi connectivity index (χ0v) is 6.76. The van der Waals surface area contributed by atoms with Gasteiger partial charge in [0.25, 0.3) is 0 Å². The molecule has 1 atom stereocenters. The van der Waals surface area contributed by atoms with Crippen molar-refractivity contribution in [1.82, 2.24) is 10.2 Å². The highest BCUT2D eigenvalue weighted by molar-refractivity contribution is 4.85. The summed E-state index contributed by atoms with van der Waals surface area (Å²) in [5.41, 5.74) is 0. The molecule has 1 aliphatic rings. The molecule has 1 rings (SSSR count). The normalized spacial score (nSPS) is 23.2. The van der Waals surface area contributed by atoms with Crippen molar-refractivity contribution in [2.24, 2.45) is 0 Å². The van der Waals surface area contributed by atoms with Crippen molar-refractivity contribution in [2.75, 3.05) is 33.4 Å². The first kappa shape index (κ1) is 8.90. The number of hydrogen-bond donors (Lipinski definition) is 2. The summed E-state index contributed by atoms with van der Waals surface area (Å²) in [6.45, 7) is 1.68. The van der Waals surface area contributed by atoms with E-state index in [1.165, 1.54) is 0 Å². The lowest BCUT2D eigenvalue weighted by Crippen LogP contribution is -2.58. The Balaban J connectivity index is 2.04. The Morgan fingerprint density at radius 1 is 1.73 bits per heavy atom. The predicted molar refractivity (Wildman–Crippen MR) is 41.3 cm³/mol. The molecule has 0 amide bonds. The van der Waals surface area contributed by atoms with Crippen LogP contribution in [0.4, 0.5) is 4.39 Å². The molecule has 2 N–H and O–H groups in total. The van der Waals surface area contributed by atoms with Crippen LogP contribution in [0, 0.1) is 0 Å². The molecule has 0 aromatic rings. The van der Waals surface area contributed by atoms with Crippen LogP contribution in [0.2, 0.25) is 0 Å². The molecule has 0 spiro atoms. The first-order chi connectivity index (χ1) is 5.26. The molecule has 0 saturated carbocycles. The Kier molecular flexibility index (Phi) is 3.23. The number of hydrogen-bond acceptors (Lipinski definition) is 3. The third-order valence-electron chi connectivity index (χ3n) is 2.01. The zero-order valence-electron chi connectivity index (χ0n) is 6.76. The molecular formula is C7H15FN2O. The minimum absolute atomic E-state index is 0.467. The van der Waals surface area contributed by atoms with Gasteiger partial charge in [0.15, 0.2) is 0 Å². The number of nitrogens with zero attached hydrogens (tertiary/aromatic N) is 1. The SMILES string of the molecule is CNC1CN(CC(O)CF)C1. The number of alkyl halides is 1. The fourth-order valence-corrected chi connectivity index (χ4v) is 1.25. The van der Waals surface area contributed by atoms with E-state index in [0.29, 0.717) is 12.6 Å². The predicted octanol–water partition coefficient (Wildman–Crippen LogP) is -0.780. The van der Waals surface area contributed by atoms with E-state index in [2.05, 4.69) is 5.32 Å². The van der Waals surface area contributed by atoms with Crippen LogP contribution in [-0.4, -0.2) is 55.5 Å². The summed E-state index contributed by atoms with van der Waals surface area (Å²) < 4.78 is 11.8. The lowest BCUT2D eigenvalue weighted by Gasteiger charge is -2.39. The summed E-state index contributed by atoms with van der Waals surface area (Å²) in [4.78, 5) is 2.03. The Hall–Kier alpha value is -0.190. The van der Waals surface area contributed by atoms with Gasteiger partial charge in [-0.1, -0.05) is 0 Å². The smallest absolute Gasteiger partial charge is 0.117 e. The first-order valence-corrected chi connectivity index (χ1v) is 3.90. The topological polar surface area (TPSA) is 35.5 Å². The number of aliphatic hydroxyl groups excluding tert-OH is 1. The molecule has 1 fully saturated rings. The Morgan fingerprint density at radius 2 is 2.36 bits per heavy atom. The number of halogens is 1. The van der Waals surface area contributed by atoms with Gasteiger partial charge in [-0.3, -0.25) is 4.90 Å². The number of nitrogens with one attached hydrogen (secondary N) is 1. The van der Waals surface area contributed by atoms with E-state index in [-0.39, 0.29) is 0 Å². The maximum absolute atomic E-state index is 11.8. The largest absolute Gasteiger partial charge is 0.389 e. The molecule has 0 aromatic carbocycles. The van der Waals surface area contributed by atoms with Crippen LogP contribution in [0.25, 0.3) is 0 Å². The molecule has 1 saturated heterocycles. The Morgan fingerprint density at radius 3 is 2.82 bits per heavy atom. The first-order valence-electron chi connectivity index (χ1n) is 3.90. The molecule has 0 radical (unpaired) electrons. The fraction of sp³-hybridized carbons (Fsp3) is 1.00. The second-order valence-corrected chi connectivity index (χ2v) is 3.01. The molecule has 11 heavy (non-hydrogen) atoms. The maximum atomic E-state index is 11.8. The molecule has 0 aromatic heterocycles. The summed E-state index contributed by atoms with van der Waals surface area (Å²) in [6, 6.07) is 0.529. The van der Waals surface area contributed by atoms with Crippen LogP contribution >= 0.6 is 0 Å². The standard InChI is InChI=1S/C7H15FN2O/c1-9-6-3-10(4-6)5-7(11)2-8/h6-7,9,11H,2-5H2,1H3. The molecule has 0 bridgehead atoms. The third-order valence-corrected chi connectivity index (χ3v) is 2.01. The van der Waals surface area contributed by atoms with Crippen LogP contribution in [0.15, 0.2) is 0 Å². The highest BCUT2D eigenvalue weighted by atomic mass is 19.1. The second kappa shape index (κ2) is 3.99. The summed E-state index contributed by atoms with van der Waals surface area (Å²) in [5.74, 6) is 0. The van der Waals surface area contributed by atoms with Crippen LogP contribution in [0.5, 0.6) is 0 Å². The quantitative estimate of drug-likeness (QED) is 0.569. The average molecular weight is 162 g/mol. The molecule has 3 nitrogen and oxygen atoms in total. The molecule has 1 aliphatic heterocycles. The zero-order chi connectivity index (χ0) is 8.27. The Labute approximate surface area is 66.2 Å². The van der Waals surface area contributed by atoms with Gasteiger partial charge < -0.3 is 10.4 Å². The van der Waals surface area contributed by atoms with Gasteiger partial charge in [-0.15, -0.1) is 0 Å². The minimum Gasteiger partial charge on any atom is -0.389 e. The number of aliphatic hydroxyl groups is 1. The number of β-amino-alcohol motifs (C(OH)–C–C–N with tert-alkyl or cyclic N) is 1. The Bertz CT molecular complexity index is 117. The number of likely N-dealkylation sites (tertiary alicyclic amines) is 1. The lowest BCUT2D eigenvalue weighted by molar-refractivity contribution is 0.0458. The van der Waals surface area contributed by atoms with Crippen LogP contribution in [-0.2, 0) is 0 Å². The molecule has 1 heterocycles. The summed E-state index contributed by atoms with van der Waals surface area (Å²) in [7, 11) is 1.91. The summed E-state index contributed by atoms with van der Waals surface area (Å²) in [5, 5.41) is 12.0. The van der Waals surface area contributed by atoms with Crippen molar-refractivity contribution >= 4 is 0 Å². The van der Waals surface area contributed by atoms with E-state index >= 15 is 0 Å². The monoisotopic (exact) mass is 162 g/mol. The van der Waals surface area contributed by atoms with Gasteiger partial charge in [0.05, 0.1) is 6.10 Å². The lowest BCUT2D eigenvalue weighted by atomic mass is 10.1. The van der Waals surface area contributed by atoms with Crippen LogP contribution in [0.3, 0.4) is 0 Å². The van der Waals surface area contributed by atoms with Crippen LogP contribution < -0.4 is 5.32 Å². The van der Waals surface area contributed by atoms with E-state index in [4.69, 9.17) is 5.11 Å². The number of likely N-dealkylation sites (N-methyl/N-ethyl adjacent to an activating group) is 1. The van der Waals surface area contributed by atoms with Crippen molar-refractivity contribution in [2.45, 2.75) is 12.1 Å². The second-order valence-electron chi connectivity index (χ2n) is 3.01. The van der Waals surface area contributed by atoms with Gasteiger partial charge in [0, 0.05) is 25.7 Å². The molecule has 1 unspecified atom stereocenters. The molecule has 0 aliphatic carbocycles. The van der Waals surface area contributed by atoms with Crippen molar-refractivity contribution in [3.05, 3.63) is 0 Å². The van der Waals surface area contributed by atoms with Crippen LogP contribution in [0.1, 0.15) is 0 Å². The average Bonchev–Trinajstić information content (AvgIpc) is 1.95. The van der Waals surface area contributed by atoms with Crippen molar-refractivity contribution in [3.63, 3.8) is 0 Å². The highest BCUT2D eigenvalue weighted by Crippen LogP contribution is 2.07.